The van der Waals surface area contributed by atoms with Gasteiger partial charge in [-0.15, -0.1) is 11.8 Å². The Balaban J connectivity index is 1.70. The number of halogens is 2. The number of nitrogens with zero attached hydrogens (tertiary/aromatic N) is 2. The summed E-state index contributed by atoms with van der Waals surface area (Å²) < 4.78 is 0. The molecule has 2 saturated heterocycles. The van der Waals surface area contributed by atoms with Crippen LogP contribution in [0.15, 0.2) is 18.2 Å². The molecular weight excluding hydrogens is 391 g/mol. The Morgan fingerprint density at radius 2 is 1.92 bits per heavy atom. The van der Waals surface area contributed by atoms with E-state index in [1.54, 1.807) is 18.2 Å². The Hall–Kier alpha value is -0.910. The summed E-state index contributed by atoms with van der Waals surface area (Å²) in [6, 6.07) is 5.01. The number of benzene rings is 1. The van der Waals surface area contributed by atoms with Crippen LogP contribution in [0.4, 0.5) is 0 Å². The molecule has 2 aliphatic rings. The molecule has 0 N–H and O–H groups in total. The summed E-state index contributed by atoms with van der Waals surface area (Å²) >= 11 is 14.0. The van der Waals surface area contributed by atoms with Crippen LogP contribution >= 0.6 is 35.0 Å². The first-order valence-electron chi connectivity index (χ1n) is 9.15. The van der Waals surface area contributed by atoms with Gasteiger partial charge in [-0.1, -0.05) is 36.5 Å². The van der Waals surface area contributed by atoms with E-state index in [0.29, 0.717) is 41.7 Å². The van der Waals surface area contributed by atoms with Gasteiger partial charge in [0, 0.05) is 36.8 Å². The van der Waals surface area contributed by atoms with Gasteiger partial charge in [-0.05, 0) is 37.5 Å². The van der Waals surface area contributed by atoms with Crippen molar-refractivity contribution in [2.75, 3.05) is 25.4 Å². The lowest BCUT2D eigenvalue weighted by Gasteiger charge is -2.44. The molecule has 0 aliphatic carbocycles. The highest BCUT2D eigenvalue weighted by Crippen LogP contribution is 2.45. The van der Waals surface area contributed by atoms with Crippen molar-refractivity contribution in [3.63, 3.8) is 0 Å². The van der Waals surface area contributed by atoms with E-state index >= 15 is 0 Å². The van der Waals surface area contributed by atoms with Crippen molar-refractivity contribution in [3.8, 4) is 0 Å². The fourth-order valence-electron chi connectivity index (χ4n) is 3.71. The SMILES string of the molecule is CCCCC(=O)N1CCC2(CC1)SCCN2C(=O)c1ccc(Cl)cc1Cl. The number of likely N-dealkylation sites (tertiary alicyclic amines) is 1. The minimum atomic E-state index is -0.221. The number of carbonyl (C=O) groups is 2. The van der Waals surface area contributed by atoms with Crippen molar-refractivity contribution < 1.29 is 9.59 Å². The van der Waals surface area contributed by atoms with Crippen LogP contribution in [0.25, 0.3) is 0 Å². The molecule has 1 spiro atoms. The monoisotopic (exact) mass is 414 g/mol. The largest absolute Gasteiger partial charge is 0.342 e. The summed E-state index contributed by atoms with van der Waals surface area (Å²) in [5.74, 6) is 1.12. The molecule has 0 radical (unpaired) electrons. The highest BCUT2D eigenvalue weighted by atomic mass is 35.5. The first-order chi connectivity index (χ1) is 12.5. The first-order valence-corrected chi connectivity index (χ1v) is 10.9. The Morgan fingerprint density at radius 3 is 2.58 bits per heavy atom. The van der Waals surface area contributed by atoms with Gasteiger partial charge in [0.25, 0.3) is 5.91 Å². The molecule has 2 heterocycles. The molecule has 1 aromatic rings. The third-order valence-corrected chi connectivity index (χ3v) is 7.33. The highest BCUT2D eigenvalue weighted by Gasteiger charge is 2.47. The number of thioether (sulfide) groups is 1. The maximum atomic E-state index is 13.1. The molecule has 0 saturated carbocycles. The zero-order valence-corrected chi connectivity index (χ0v) is 17.3. The molecule has 4 nitrogen and oxygen atoms in total. The zero-order chi connectivity index (χ0) is 18.7. The van der Waals surface area contributed by atoms with Crippen LogP contribution in [-0.2, 0) is 4.79 Å². The molecule has 3 rings (SSSR count). The Kier molecular flexibility index (Phi) is 6.41. The standard InChI is InChI=1S/C19H24Cl2N2O2S/c1-2-3-4-17(24)22-9-7-19(8-10-22)23(11-12-26-19)18(25)15-6-5-14(20)13-16(15)21/h5-6,13H,2-4,7-12H2,1H3. The predicted molar refractivity (Wildman–Crippen MR) is 108 cm³/mol. The fraction of sp³-hybridized carbons (Fsp3) is 0.579. The lowest BCUT2D eigenvalue weighted by Crippen LogP contribution is -2.53. The van der Waals surface area contributed by atoms with Crippen LogP contribution in [0.3, 0.4) is 0 Å². The molecule has 0 unspecified atom stereocenters. The van der Waals surface area contributed by atoms with E-state index < -0.39 is 0 Å². The summed E-state index contributed by atoms with van der Waals surface area (Å²) in [6.07, 6.45) is 4.22. The number of unbranched alkanes of at least 4 members (excludes halogenated alkanes) is 1. The second-order valence-electron chi connectivity index (χ2n) is 6.86. The van der Waals surface area contributed by atoms with E-state index in [2.05, 4.69) is 6.92 Å². The van der Waals surface area contributed by atoms with Gasteiger partial charge in [-0.2, -0.15) is 0 Å². The van der Waals surface area contributed by atoms with E-state index in [0.717, 1.165) is 31.4 Å². The van der Waals surface area contributed by atoms with Gasteiger partial charge >= 0.3 is 0 Å². The molecule has 142 valence electrons. The Morgan fingerprint density at radius 1 is 1.19 bits per heavy atom. The van der Waals surface area contributed by atoms with Crippen LogP contribution in [0.5, 0.6) is 0 Å². The summed E-state index contributed by atoms with van der Waals surface area (Å²) in [7, 11) is 0. The van der Waals surface area contributed by atoms with Gasteiger partial charge in [-0.3, -0.25) is 9.59 Å². The number of amides is 2. The second kappa shape index (κ2) is 8.41. The molecule has 1 aromatic carbocycles. The number of carbonyl (C=O) groups excluding carboxylic acids is 2. The van der Waals surface area contributed by atoms with Gasteiger partial charge < -0.3 is 9.80 Å². The predicted octanol–water partition coefficient (Wildman–Crippen LogP) is 4.69. The van der Waals surface area contributed by atoms with E-state index in [9.17, 15) is 9.59 Å². The molecule has 2 fully saturated rings. The van der Waals surface area contributed by atoms with Gasteiger partial charge in [0.1, 0.15) is 0 Å². The second-order valence-corrected chi connectivity index (χ2v) is 9.16. The van der Waals surface area contributed by atoms with Crippen LogP contribution in [0.2, 0.25) is 10.0 Å². The average molecular weight is 415 g/mol. The average Bonchev–Trinajstić information content (AvgIpc) is 3.03. The third kappa shape index (κ3) is 4.00. The maximum absolute atomic E-state index is 13.1. The molecule has 26 heavy (non-hydrogen) atoms. The van der Waals surface area contributed by atoms with Crippen molar-refractivity contribution in [2.24, 2.45) is 0 Å². The Labute approximate surface area is 169 Å². The number of hydrogen-bond acceptors (Lipinski definition) is 3. The van der Waals surface area contributed by atoms with Crippen molar-refractivity contribution in [1.29, 1.82) is 0 Å². The van der Waals surface area contributed by atoms with Crippen molar-refractivity contribution >= 4 is 46.8 Å². The number of piperidine rings is 1. The fourth-order valence-corrected chi connectivity index (χ4v) is 5.65. The lowest BCUT2D eigenvalue weighted by molar-refractivity contribution is -0.132. The van der Waals surface area contributed by atoms with Crippen molar-refractivity contribution in [1.82, 2.24) is 9.80 Å². The molecule has 0 atom stereocenters. The third-order valence-electron chi connectivity index (χ3n) is 5.23. The summed E-state index contributed by atoms with van der Waals surface area (Å²) in [5.41, 5.74) is 0.499. The van der Waals surface area contributed by atoms with Crippen LogP contribution in [0, 0.1) is 0 Å². The van der Waals surface area contributed by atoms with Crippen LogP contribution in [-0.4, -0.2) is 51.9 Å². The lowest BCUT2D eigenvalue weighted by atomic mass is 10.0. The smallest absolute Gasteiger partial charge is 0.256 e. The van der Waals surface area contributed by atoms with Gasteiger partial charge in [0.2, 0.25) is 5.91 Å². The molecule has 7 heteroatoms. The van der Waals surface area contributed by atoms with Gasteiger partial charge in [0.05, 0.1) is 15.5 Å². The highest BCUT2D eigenvalue weighted by molar-refractivity contribution is 8.00. The van der Waals surface area contributed by atoms with Crippen molar-refractivity contribution in [3.05, 3.63) is 33.8 Å². The van der Waals surface area contributed by atoms with Gasteiger partial charge in [0.15, 0.2) is 0 Å². The number of hydrogen-bond donors (Lipinski definition) is 0. The quantitative estimate of drug-likeness (QED) is 0.716. The first kappa shape index (κ1) is 19.8. The zero-order valence-electron chi connectivity index (χ0n) is 15.0. The molecule has 2 aliphatic heterocycles. The molecule has 0 bridgehead atoms. The van der Waals surface area contributed by atoms with E-state index in [1.807, 2.05) is 21.6 Å². The van der Waals surface area contributed by atoms with Gasteiger partial charge in [-0.25, -0.2) is 0 Å². The minimum Gasteiger partial charge on any atom is -0.342 e. The van der Waals surface area contributed by atoms with E-state index in [-0.39, 0.29) is 16.7 Å². The molecular formula is C19H24Cl2N2O2S. The molecule has 0 aromatic heterocycles. The number of rotatable bonds is 4. The summed E-state index contributed by atoms with van der Waals surface area (Å²) in [5, 5.41) is 0.915. The normalized spacial score (nSPS) is 19.2. The summed E-state index contributed by atoms with van der Waals surface area (Å²) in [4.78, 5) is 29.1. The van der Waals surface area contributed by atoms with Crippen LogP contribution in [0.1, 0.15) is 49.4 Å². The maximum Gasteiger partial charge on any atom is 0.256 e. The summed E-state index contributed by atoms with van der Waals surface area (Å²) in [6.45, 7) is 4.24. The van der Waals surface area contributed by atoms with E-state index in [4.69, 9.17) is 23.2 Å². The Bertz CT molecular complexity index is 690. The van der Waals surface area contributed by atoms with Crippen molar-refractivity contribution in [2.45, 2.75) is 43.9 Å². The minimum absolute atomic E-state index is 0.0394. The van der Waals surface area contributed by atoms with E-state index in [1.165, 1.54) is 0 Å². The van der Waals surface area contributed by atoms with Crippen LogP contribution < -0.4 is 0 Å². The topological polar surface area (TPSA) is 40.6 Å². The molecule has 2 amide bonds.